The summed E-state index contributed by atoms with van der Waals surface area (Å²) in [6.07, 6.45) is 1.77. The molecule has 0 spiro atoms. The van der Waals surface area contributed by atoms with E-state index in [9.17, 15) is 4.39 Å². The Labute approximate surface area is 114 Å². The number of benzene rings is 1. The van der Waals surface area contributed by atoms with E-state index >= 15 is 0 Å². The fraction of sp³-hybridized carbons (Fsp3) is 0.600. The maximum Gasteiger partial charge on any atom is 0.129 e. The van der Waals surface area contributed by atoms with Crippen LogP contribution in [0.4, 0.5) is 4.39 Å². The fourth-order valence-corrected chi connectivity index (χ4v) is 2.23. The van der Waals surface area contributed by atoms with Crippen LogP contribution in [-0.4, -0.2) is 32.4 Å². The molecule has 1 aliphatic heterocycles. The highest BCUT2D eigenvalue weighted by molar-refractivity contribution is 5.20. The lowest BCUT2D eigenvalue weighted by molar-refractivity contribution is -0.0179. The van der Waals surface area contributed by atoms with Crippen molar-refractivity contribution < 1.29 is 13.9 Å². The topological polar surface area (TPSA) is 30.5 Å². The Balaban J connectivity index is 2.02. The van der Waals surface area contributed by atoms with Gasteiger partial charge < -0.3 is 14.8 Å². The molecular weight excluding hydrogens is 245 g/mol. The summed E-state index contributed by atoms with van der Waals surface area (Å²) in [7, 11) is 0. The van der Waals surface area contributed by atoms with Crippen molar-refractivity contribution in [2.24, 2.45) is 0 Å². The Morgan fingerprint density at radius 3 is 3.00 bits per heavy atom. The molecular formula is C15H22FNO2. The van der Waals surface area contributed by atoms with E-state index in [4.69, 9.17) is 9.47 Å². The molecule has 0 bridgehead atoms. The highest BCUT2D eigenvalue weighted by Gasteiger charge is 2.23. The molecule has 1 N–H and O–H groups in total. The number of hydrogen-bond donors (Lipinski definition) is 1. The third-order valence-corrected chi connectivity index (χ3v) is 3.25. The van der Waals surface area contributed by atoms with Crippen LogP contribution in [0, 0.1) is 5.82 Å². The van der Waals surface area contributed by atoms with Crippen LogP contribution in [0.5, 0.6) is 0 Å². The van der Waals surface area contributed by atoms with Gasteiger partial charge in [0.25, 0.3) is 0 Å². The van der Waals surface area contributed by atoms with Crippen LogP contribution in [0.2, 0.25) is 0 Å². The van der Waals surface area contributed by atoms with Gasteiger partial charge in [-0.1, -0.05) is 25.1 Å². The molecule has 2 unspecified atom stereocenters. The summed E-state index contributed by atoms with van der Waals surface area (Å²) >= 11 is 0. The van der Waals surface area contributed by atoms with E-state index in [1.807, 2.05) is 6.07 Å². The van der Waals surface area contributed by atoms with E-state index in [0.717, 1.165) is 26.0 Å². The van der Waals surface area contributed by atoms with Gasteiger partial charge in [-0.05, 0) is 25.5 Å². The zero-order valence-corrected chi connectivity index (χ0v) is 11.4. The quantitative estimate of drug-likeness (QED) is 0.770. The van der Waals surface area contributed by atoms with Crippen LogP contribution in [0.25, 0.3) is 0 Å². The first-order valence-corrected chi connectivity index (χ1v) is 6.99. The number of rotatable bonds is 7. The van der Waals surface area contributed by atoms with Crippen molar-refractivity contribution in [1.82, 2.24) is 5.32 Å². The average Bonchev–Trinajstić information content (AvgIpc) is 2.91. The van der Waals surface area contributed by atoms with E-state index < -0.39 is 0 Å². The summed E-state index contributed by atoms with van der Waals surface area (Å²) in [5, 5.41) is 3.30. The van der Waals surface area contributed by atoms with Gasteiger partial charge in [-0.25, -0.2) is 4.39 Å². The summed E-state index contributed by atoms with van der Waals surface area (Å²) in [5.41, 5.74) is 0.623. The Bertz CT molecular complexity index is 380. The molecule has 1 heterocycles. The smallest absolute Gasteiger partial charge is 0.129 e. The normalized spacial score (nSPS) is 20.6. The molecule has 19 heavy (non-hydrogen) atoms. The molecule has 0 radical (unpaired) electrons. The van der Waals surface area contributed by atoms with Crippen LogP contribution in [0.3, 0.4) is 0 Å². The maximum atomic E-state index is 13.9. The van der Waals surface area contributed by atoms with Crippen molar-refractivity contribution in [2.45, 2.75) is 32.0 Å². The molecule has 1 aromatic rings. The van der Waals surface area contributed by atoms with Crippen molar-refractivity contribution in [3.05, 3.63) is 35.6 Å². The lowest BCUT2D eigenvalue weighted by atomic mass is 10.1. The fourth-order valence-electron chi connectivity index (χ4n) is 2.23. The highest BCUT2D eigenvalue weighted by Crippen LogP contribution is 2.24. The predicted octanol–water partition coefficient (Wildman–Crippen LogP) is 2.67. The molecule has 0 aliphatic carbocycles. The molecule has 2 rings (SSSR count). The van der Waals surface area contributed by atoms with Gasteiger partial charge in [0.15, 0.2) is 0 Å². The van der Waals surface area contributed by atoms with Crippen molar-refractivity contribution in [3.63, 3.8) is 0 Å². The first-order valence-electron chi connectivity index (χ1n) is 6.99. The first-order chi connectivity index (χ1) is 9.31. The average molecular weight is 267 g/mol. The maximum absolute atomic E-state index is 13.9. The first kappa shape index (κ1) is 14.4. The summed E-state index contributed by atoms with van der Waals surface area (Å²) in [6.45, 7) is 4.99. The second-order valence-electron chi connectivity index (χ2n) is 4.84. The minimum atomic E-state index is -0.251. The van der Waals surface area contributed by atoms with Gasteiger partial charge in [-0.15, -0.1) is 0 Å². The van der Waals surface area contributed by atoms with Crippen molar-refractivity contribution >= 4 is 0 Å². The minimum absolute atomic E-state index is 0.0769. The second-order valence-corrected chi connectivity index (χ2v) is 4.84. The predicted molar refractivity (Wildman–Crippen MR) is 72.6 cm³/mol. The zero-order chi connectivity index (χ0) is 13.5. The molecule has 0 saturated carbocycles. The van der Waals surface area contributed by atoms with Gasteiger partial charge >= 0.3 is 0 Å². The second kappa shape index (κ2) is 7.58. The zero-order valence-electron chi connectivity index (χ0n) is 11.4. The Hall–Kier alpha value is -0.970. The van der Waals surface area contributed by atoms with Crippen molar-refractivity contribution in [1.29, 1.82) is 0 Å². The van der Waals surface area contributed by atoms with Gasteiger partial charge in [0, 0.05) is 18.7 Å². The molecule has 1 saturated heterocycles. The summed E-state index contributed by atoms with van der Waals surface area (Å²) < 4.78 is 25.2. The van der Waals surface area contributed by atoms with E-state index in [0.29, 0.717) is 18.7 Å². The number of hydrogen-bond acceptors (Lipinski definition) is 3. The molecule has 1 aliphatic rings. The lowest BCUT2D eigenvalue weighted by Gasteiger charge is -2.22. The molecule has 4 heteroatoms. The van der Waals surface area contributed by atoms with Crippen LogP contribution in [0.15, 0.2) is 24.3 Å². The SMILES string of the molecule is CCCNCC(OC1CCOC1)c1ccccc1F. The van der Waals surface area contributed by atoms with Crippen LogP contribution < -0.4 is 5.32 Å². The highest BCUT2D eigenvalue weighted by atomic mass is 19.1. The third kappa shape index (κ3) is 4.27. The molecule has 2 atom stereocenters. The molecule has 106 valence electrons. The van der Waals surface area contributed by atoms with Crippen molar-refractivity contribution in [3.8, 4) is 0 Å². The Morgan fingerprint density at radius 1 is 1.47 bits per heavy atom. The minimum Gasteiger partial charge on any atom is -0.379 e. The van der Waals surface area contributed by atoms with E-state index in [1.165, 1.54) is 6.07 Å². The monoisotopic (exact) mass is 267 g/mol. The lowest BCUT2D eigenvalue weighted by Crippen LogP contribution is -2.28. The van der Waals surface area contributed by atoms with E-state index in [-0.39, 0.29) is 18.0 Å². The van der Waals surface area contributed by atoms with Crippen LogP contribution in [0.1, 0.15) is 31.4 Å². The standard InChI is InChI=1S/C15H22FNO2/c1-2-8-17-10-15(19-12-7-9-18-11-12)13-5-3-4-6-14(13)16/h3-6,12,15,17H,2,7-11H2,1H3. The Kier molecular flexibility index (Phi) is 5.76. The van der Waals surface area contributed by atoms with Gasteiger partial charge in [-0.2, -0.15) is 0 Å². The van der Waals surface area contributed by atoms with Crippen LogP contribution >= 0.6 is 0 Å². The molecule has 3 nitrogen and oxygen atoms in total. The largest absolute Gasteiger partial charge is 0.379 e. The molecule has 0 aromatic heterocycles. The summed E-state index contributed by atoms with van der Waals surface area (Å²) in [6, 6.07) is 6.83. The number of nitrogens with one attached hydrogen (secondary N) is 1. The van der Waals surface area contributed by atoms with Gasteiger partial charge in [-0.3, -0.25) is 0 Å². The van der Waals surface area contributed by atoms with Crippen LogP contribution in [-0.2, 0) is 9.47 Å². The molecule has 0 amide bonds. The Morgan fingerprint density at radius 2 is 2.32 bits per heavy atom. The third-order valence-electron chi connectivity index (χ3n) is 3.25. The van der Waals surface area contributed by atoms with Gasteiger partial charge in [0.1, 0.15) is 5.82 Å². The van der Waals surface area contributed by atoms with E-state index in [2.05, 4.69) is 12.2 Å². The summed E-state index contributed by atoms with van der Waals surface area (Å²) in [4.78, 5) is 0. The summed E-state index contributed by atoms with van der Waals surface area (Å²) in [5.74, 6) is -0.204. The van der Waals surface area contributed by atoms with Gasteiger partial charge in [0.2, 0.25) is 0 Å². The van der Waals surface area contributed by atoms with Gasteiger partial charge in [0.05, 0.1) is 18.8 Å². The number of halogens is 1. The molecule has 1 fully saturated rings. The number of ether oxygens (including phenoxy) is 2. The molecule has 1 aromatic carbocycles. The van der Waals surface area contributed by atoms with E-state index in [1.54, 1.807) is 12.1 Å². The van der Waals surface area contributed by atoms with Crippen molar-refractivity contribution in [2.75, 3.05) is 26.3 Å².